The van der Waals surface area contributed by atoms with Crippen molar-refractivity contribution in [3.05, 3.63) is 57.8 Å². The Bertz CT molecular complexity index is 727. The quantitative estimate of drug-likeness (QED) is 0.762. The number of rotatable bonds is 5. The predicted octanol–water partition coefficient (Wildman–Crippen LogP) is 3.98. The van der Waals surface area contributed by atoms with Crippen LogP contribution in [0.15, 0.2) is 46.7 Å². The average molecular weight is 433 g/mol. The first-order valence-electron chi connectivity index (χ1n) is 9.99. The number of benzene rings is 1. The van der Waals surface area contributed by atoms with Crippen LogP contribution in [0.1, 0.15) is 36.5 Å². The molecule has 0 radical (unpaired) electrons. The van der Waals surface area contributed by atoms with Gasteiger partial charge >= 0.3 is 0 Å². The van der Waals surface area contributed by atoms with Gasteiger partial charge in [-0.25, -0.2) is 0 Å². The largest absolute Gasteiger partial charge is 0.497 e. The van der Waals surface area contributed by atoms with E-state index in [0.717, 1.165) is 68.7 Å². The molecule has 1 aliphatic carbocycles. The Kier molecular flexibility index (Phi) is 6.02. The molecule has 4 rings (SSSR count). The van der Waals surface area contributed by atoms with Gasteiger partial charge in [-0.05, 0) is 61.1 Å². The summed E-state index contributed by atoms with van der Waals surface area (Å²) in [5, 5.41) is 3.48. The number of fused-ring (bicyclic) bond motifs is 1. The molecule has 1 aromatic carbocycles. The molecule has 27 heavy (non-hydrogen) atoms. The lowest BCUT2D eigenvalue weighted by Crippen LogP contribution is -2.55. The minimum Gasteiger partial charge on any atom is -0.497 e. The lowest BCUT2D eigenvalue weighted by atomic mass is 9.81. The minimum absolute atomic E-state index is 0.0699. The molecule has 1 aromatic rings. The zero-order chi connectivity index (χ0) is 18.7. The smallest absolute Gasteiger partial charge is 0.114 e. The molecule has 0 aromatic heterocycles. The maximum Gasteiger partial charge on any atom is 0.114 e. The molecule has 1 N–H and O–H groups in total. The maximum atomic E-state index is 6.20. The fourth-order valence-corrected chi connectivity index (χ4v) is 5.02. The Labute approximate surface area is 170 Å². The van der Waals surface area contributed by atoms with Crippen molar-refractivity contribution in [3.63, 3.8) is 0 Å². The van der Waals surface area contributed by atoms with Crippen molar-refractivity contribution in [1.29, 1.82) is 0 Å². The van der Waals surface area contributed by atoms with Crippen LogP contribution in [-0.2, 0) is 15.9 Å². The monoisotopic (exact) mass is 432 g/mol. The van der Waals surface area contributed by atoms with E-state index in [2.05, 4.69) is 62.6 Å². The number of halogens is 1. The summed E-state index contributed by atoms with van der Waals surface area (Å²) in [6, 6.07) is 6.63. The van der Waals surface area contributed by atoms with Crippen LogP contribution >= 0.6 is 15.9 Å². The van der Waals surface area contributed by atoms with E-state index in [0.29, 0.717) is 0 Å². The van der Waals surface area contributed by atoms with Crippen molar-refractivity contribution >= 4 is 15.9 Å². The number of hydrogen-bond acceptors (Lipinski definition) is 4. The fraction of sp³-hybridized carbons (Fsp3) is 0.545. The van der Waals surface area contributed by atoms with Crippen molar-refractivity contribution in [1.82, 2.24) is 10.2 Å². The van der Waals surface area contributed by atoms with Gasteiger partial charge in [0, 0.05) is 36.2 Å². The fourth-order valence-electron chi connectivity index (χ4n) is 4.62. The Hall–Kier alpha value is -1.14. The third-order valence-electron chi connectivity index (χ3n) is 6.18. The molecule has 2 heterocycles. The summed E-state index contributed by atoms with van der Waals surface area (Å²) in [5.74, 6) is 0.977. The van der Waals surface area contributed by atoms with E-state index in [4.69, 9.17) is 9.47 Å². The number of hydrogen-bond donors (Lipinski definition) is 1. The van der Waals surface area contributed by atoms with Gasteiger partial charge in [-0.1, -0.05) is 28.1 Å². The van der Waals surface area contributed by atoms with Crippen LogP contribution < -0.4 is 5.32 Å². The first-order valence-corrected chi connectivity index (χ1v) is 10.8. The molecule has 2 atom stereocenters. The van der Waals surface area contributed by atoms with Gasteiger partial charge < -0.3 is 14.8 Å². The molecule has 2 unspecified atom stereocenters. The summed E-state index contributed by atoms with van der Waals surface area (Å²) in [7, 11) is 1.75. The van der Waals surface area contributed by atoms with Gasteiger partial charge in [0.25, 0.3) is 0 Å². The Balaban J connectivity index is 1.52. The van der Waals surface area contributed by atoms with Crippen LogP contribution in [0.4, 0.5) is 0 Å². The van der Waals surface area contributed by atoms with Crippen LogP contribution in [-0.4, -0.2) is 50.3 Å². The number of piperazine rings is 1. The first kappa shape index (κ1) is 19.2. The van der Waals surface area contributed by atoms with Gasteiger partial charge in [0.05, 0.1) is 19.8 Å². The highest BCUT2D eigenvalue weighted by Gasteiger charge is 2.37. The van der Waals surface area contributed by atoms with E-state index >= 15 is 0 Å². The third kappa shape index (κ3) is 4.16. The van der Waals surface area contributed by atoms with Crippen LogP contribution in [0.3, 0.4) is 0 Å². The zero-order valence-electron chi connectivity index (χ0n) is 16.0. The van der Waals surface area contributed by atoms with Crippen molar-refractivity contribution < 1.29 is 9.47 Å². The second kappa shape index (κ2) is 8.48. The molecular weight excluding hydrogens is 404 g/mol. The molecule has 3 aliphatic rings. The van der Waals surface area contributed by atoms with Gasteiger partial charge in [-0.3, -0.25) is 4.90 Å². The van der Waals surface area contributed by atoms with E-state index in [1.165, 1.54) is 11.1 Å². The second-order valence-corrected chi connectivity index (χ2v) is 8.60. The van der Waals surface area contributed by atoms with Gasteiger partial charge in [-0.2, -0.15) is 0 Å². The highest BCUT2D eigenvalue weighted by Crippen LogP contribution is 2.38. The standard InChI is InChI=1S/C22H29BrN2O2/c1-26-19-4-8-22(9-5-19,25-13-11-24-12-14-25)10-6-21-20-3-2-18(23)16-17(20)7-15-27-21/h2-5,8,16,21,24H,6-7,9-15H2,1H3. The summed E-state index contributed by atoms with van der Waals surface area (Å²) in [4.78, 5) is 2.65. The van der Waals surface area contributed by atoms with Gasteiger partial charge in [-0.15, -0.1) is 0 Å². The number of allylic oxidation sites excluding steroid dienone is 1. The van der Waals surface area contributed by atoms with Crippen molar-refractivity contribution in [3.8, 4) is 0 Å². The Morgan fingerprint density at radius 2 is 2.19 bits per heavy atom. The lowest BCUT2D eigenvalue weighted by Gasteiger charge is -2.46. The zero-order valence-corrected chi connectivity index (χ0v) is 17.6. The number of nitrogens with one attached hydrogen (secondary N) is 1. The molecule has 1 fully saturated rings. The molecule has 2 aliphatic heterocycles. The molecule has 0 spiro atoms. The molecular formula is C22H29BrN2O2. The normalized spacial score (nSPS) is 28.5. The van der Waals surface area contributed by atoms with E-state index < -0.39 is 0 Å². The van der Waals surface area contributed by atoms with Crippen molar-refractivity contribution in [2.45, 2.75) is 37.3 Å². The molecule has 0 bridgehead atoms. The van der Waals surface area contributed by atoms with E-state index in [-0.39, 0.29) is 11.6 Å². The molecule has 0 amide bonds. The van der Waals surface area contributed by atoms with E-state index in [9.17, 15) is 0 Å². The molecule has 146 valence electrons. The summed E-state index contributed by atoms with van der Waals surface area (Å²) < 4.78 is 12.8. The number of ether oxygens (including phenoxy) is 2. The molecule has 0 saturated carbocycles. The number of nitrogens with zero attached hydrogens (tertiary/aromatic N) is 1. The minimum atomic E-state index is 0.0699. The van der Waals surface area contributed by atoms with Crippen LogP contribution in [0.2, 0.25) is 0 Å². The van der Waals surface area contributed by atoms with E-state index in [1.54, 1.807) is 7.11 Å². The SMILES string of the molecule is COC1=CCC(CCC2OCCc3cc(Br)ccc32)(N2CCNCC2)C=C1. The molecule has 4 nitrogen and oxygen atoms in total. The summed E-state index contributed by atoms with van der Waals surface area (Å²) >= 11 is 3.60. The van der Waals surface area contributed by atoms with Crippen LogP contribution in [0.25, 0.3) is 0 Å². The Morgan fingerprint density at radius 3 is 2.93 bits per heavy atom. The highest BCUT2D eigenvalue weighted by molar-refractivity contribution is 9.10. The second-order valence-electron chi connectivity index (χ2n) is 7.68. The third-order valence-corrected chi connectivity index (χ3v) is 6.67. The number of methoxy groups -OCH3 is 1. The first-order chi connectivity index (χ1) is 13.2. The highest BCUT2D eigenvalue weighted by atomic mass is 79.9. The summed E-state index contributed by atoms with van der Waals surface area (Å²) in [5.41, 5.74) is 2.87. The average Bonchev–Trinajstić information content (AvgIpc) is 2.73. The maximum absolute atomic E-state index is 6.20. The Morgan fingerprint density at radius 1 is 1.33 bits per heavy atom. The topological polar surface area (TPSA) is 33.7 Å². The van der Waals surface area contributed by atoms with Gasteiger partial charge in [0.15, 0.2) is 0 Å². The van der Waals surface area contributed by atoms with Gasteiger partial charge in [0.2, 0.25) is 0 Å². The van der Waals surface area contributed by atoms with Crippen molar-refractivity contribution in [2.24, 2.45) is 0 Å². The van der Waals surface area contributed by atoms with Crippen LogP contribution in [0.5, 0.6) is 0 Å². The van der Waals surface area contributed by atoms with Gasteiger partial charge in [0.1, 0.15) is 5.76 Å². The summed E-state index contributed by atoms with van der Waals surface area (Å²) in [6.07, 6.45) is 11.1. The predicted molar refractivity (Wildman–Crippen MR) is 112 cm³/mol. The molecule has 1 saturated heterocycles. The lowest BCUT2D eigenvalue weighted by molar-refractivity contribution is 0.0189. The molecule has 5 heteroatoms. The van der Waals surface area contributed by atoms with Crippen LogP contribution in [0, 0.1) is 0 Å². The van der Waals surface area contributed by atoms with E-state index in [1.807, 2.05) is 0 Å². The summed E-state index contributed by atoms with van der Waals surface area (Å²) in [6.45, 7) is 5.13. The van der Waals surface area contributed by atoms with Crippen molar-refractivity contribution in [2.75, 3.05) is 39.9 Å².